The van der Waals surface area contributed by atoms with Crippen molar-refractivity contribution in [3.8, 4) is 0 Å². The summed E-state index contributed by atoms with van der Waals surface area (Å²) in [6.45, 7) is 1.87. The summed E-state index contributed by atoms with van der Waals surface area (Å²) in [5.41, 5.74) is 0.551. The largest absolute Gasteiger partial charge is 0.371 e. The molecule has 0 aliphatic carbocycles. The van der Waals surface area contributed by atoms with Crippen LogP contribution >= 0.6 is 23.2 Å². The van der Waals surface area contributed by atoms with Crippen LogP contribution in [0.2, 0.25) is 10.0 Å². The van der Waals surface area contributed by atoms with Crippen molar-refractivity contribution >= 4 is 29.1 Å². The molecule has 0 aromatic heterocycles. The molecular weight excluding hydrogens is 306 g/mol. The van der Waals surface area contributed by atoms with E-state index in [2.05, 4.69) is 5.32 Å². The normalized spacial score (nSPS) is 19.9. The van der Waals surface area contributed by atoms with Gasteiger partial charge in [0.15, 0.2) is 0 Å². The topological polar surface area (TPSA) is 41.6 Å². The first-order chi connectivity index (χ1) is 9.51. The van der Waals surface area contributed by atoms with Crippen molar-refractivity contribution in [2.24, 2.45) is 0 Å². The molecule has 0 unspecified atom stereocenters. The molecule has 110 valence electrons. The smallest absolute Gasteiger partial charge is 0.233 e. The van der Waals surface area contributed by atoms with Gasteiger partial charge in [0.25, 0.3) is 0 Å². The second kappa shape index (κ2) is 6.72. The third-order valence-electron chi connectivity index (χ3n) is 3.18. The molecule has 4 nitrogen and oxygen atoms in total. The minimum Gasteiger partial charge on any atom is -0.371 e. The summed E-state index contributed by atoms with van der Waals surface area (Å²) in [4.78, 5) is 13.3. The van der Waals surface area contributed by atoms with Gasteiger partial charge in [0.2, 0.25) is 5.91 Å². The molecule has 1 heterocycles. The van der Waals surface area contributed by atoms with E-state index in [1.165, 1.54) is 12.1 Å². The Balaban J connectivity index is 2.12. The lowest BCUT2D eigenvalue weighted by Crippen LogP contribution is -2.43. The van der Waals surface area contributed by atoms with Crippen LogP contribution in [-0.2, 0) is 9.53 Å². The molecule has 0 saturated carbocycles. The monoisotopic (exact) mass is 320 g/mol. The lowest BCUT2D eigenvalue weighted by molar-refractivity contribution is -0.123. The van der Waals surface area contributed by atoms with Crippen LogP contribution in [-0.4, -0.2) is 44.1 Å². The zero-order chi connectivity index (χ0) is 14.7. The van der Waals surface area contributed by atoms with Crippen LogP contribution in [0.3, 0.4) is 0 Å². The van der Waals surface area contributed by atoms with E-state index in [-0.39, 0.29) is 23.6 Å². The number of likely N-dealkylation sites (N-methyl/N-ethyl adjacent to an activating group) is 1. The Labute approximate surface area is 126 Å². The molecular formula is C13H15Cl2FN2O2. The average Bonchev–Trinajstić information content (AvgIpc) is 2.43. The summed E-state index contributed by atoms with van der Waals surface area (Å²) in [6.07, 6.45) is -0.368. The summed E-state index contributed by atoms with van der Waals surface area (Å²) < 4.78 is 19.2. The van der Waals surface area contributed by atoms with Gasteiger partial charge in [-0.15, -0.1) is 0 Å². The first kappa shape index (κ1) is 15.5. The maximum absolute atomic E-state index is 13.6. The Hall–Kier alpha value is -0.880. The number of ether oxygens (including phenoxy) is 1. The molecule has 2 rings (SSSR count). The second-order valence-electron chi connectivity index (χ2n) is 4.56. The van der Waals surface area contributed by atoms with Crippen molar-refractivity contribution in [1.29, 1.82) is 0 Å². The number of hydrogen-bond donors (Lipinski definition) is 1. The number of nitrogens with zero attached hydrogens (tertiary/aromatic N) is 1. The molecule has 1 saturated heterocycles. The van der Waals surface area contributed by atoms with Gasteiger partial charge in [0.1, 0.15) is 5.82 Å². The van der Waals surface area contributed by atoms with Crippen LogP contribution in [0.25, 0.3) is 0 Å². The van der Waals surface area contributed by atoms with E-state index in [9.17, 15) is 9.18 Å². The Bertz CT molecular complexity index is 513. The molecule has 1 aliphatic rings. The maximum Gasteiger partial charge on any atom is 0.233 e. The summed E-state index contributed by atoms with van der Waals surface area (Å²) in [5, 5.41) is 2.92. The SMILES string of the molecule is CNC(=O)CN1CCO[C@@H](c2cc(F)c(Cl)cc2Cl)C1. The molecule has 7 heteroatoms. The van der Waals surface area contributed by atoms with Gasteiger partial charge in [0.05, 0.1) is 24.3 Å². The van der Waals surface area contributed by atoms with Crippen molar-refractivity contribution in [2.75, 3.05) is 33.3 Å². The van der Waals surface area contributed by atoms with Gasteiger partial charge >= 0.3 is 0 Å². The summed E-state index contributed by atoms with van der Waals surface area (Å²) in [5.74, 6) is -0.600. The number of nitrogens with one attached hydrogen (secondary N) is 1. The number of morpholine rings is 1. The predicted molar refractivity (Wildman–Crippen MR) is 75.6 cm³/mol. The van der Waals surface area contributed by atoms with Crippen LogP contribution in [0.1, 0.15) is 11.7 Å². The van der Waals surface area contributed by atoms with Crippen LogP contribution in [0, 0.1) is 5.82 Å². The van der Waals surface area contributed by atoms with Gasteiger partial charge in [-0.25, -0.2) is 4.39 Å². The van der Waals surface area contributed by atoms with Gasteiger partial charge in [-0.1, -0.05) is 23.2 Å². The molecule has 1 N–H and O–H groups in total. The molecule has 1 amide bonds. The van der Waals surface area contributed by atoms with Gasteiger partial charge in [-0.05, 0) is 12.1 Å². The molecule has 20 heavy (non-hydrogen) atoms. The zero-order valence-corrected chi connectivity index (χ0v) is 12.5. The number of rotatable bonds is 3. The lowest BCUT2D eigenvalue weighted by Gasteiger charge is -2.33. The lowest BCUT2D eigenvalue weighted by atomic mass is 10.1. The van der Waals surface area contributed by atoms with E-state index < -0.39 is 5.82 Å². The Morgan fingerprint density at radius 3 is 2.95 bits per heavy atom. The van der Waals surface area contributed by atoms with Crippen LogP contribution in [0.5, 0.6) is 0 Å². The minimum absolute atomic E-state index is 0.0169. The highest BCUT2D eigenvalue weighted by Crippen LogP contribution is 2.32. The third-order valence-corrected chi connectivity index (χ3v) is 3.80. The molecule has 0 bridgehead atoms. The van der Waals surface area contributed by atoms with Crippen molar-refractivity contribution in [1.82, 2.24) is 10.2 Å². The van der Waals surface area contributed by atoms with E-state index >= 15 is 0 Å². The minimum atomic E-state index is -0.530. The quantitative estimate of drug-likeness (QED) is 0.868. The number of carbonyl (C=O) groups is 1. The van der Waals surface area contributed by atoms with Crippen molar-refractivity contribution in [3.63, 3.8) is 0 Å². The molecule has 1 aromatic rings. The Morgan fingerprint density at radius 2 is 2.25 bits per heavy atom. The van der Waals surface area contributed by atoms with E-state index in [4.69, 9.17) is 27.9 Å². The van der Waals surface area contributed by atoms with Crippen molar-refractivity contribution in [2.45, 2.75) is 6.10 Å². The van der Waals surface area contributed by atoms with Crippen LogP contribution in [0.4, 0.5) is 4.39 Å². The Morgan fingerprint density at radius 1 is 1.50 bits per heavy atom. The van der Waals surface area contributed by atoms with Crippen LogP contribution in [0.15, 0.2) is 12.1 Å². The van der Waals surface area contributed by atoms with Gasteiger partial charge in [0, 0.05) is 30.7 Å². The first-order valence-corrected chi connectivity index (χ1v) is 6.96. The first-order valence-electron chi connectivity index (χ1n) is 6.20. The second-order valence-corrected chi connectivity index (χ2v) is 5.37. The van der Waals surface area contributed by atoms with E-state index in [0.29, 0.717) is 30.3 Å². The number of amides is 1. The molecule has 1 aromatic carbocycles. The highest BCUT2D eigenvalue weighted by atomic mass is 35.5. The van der Waals surface area contributed by atoms with E-state index in [1.54, 1.807) is 7.05 Å². The standard InChI is InChI=1S/C13H15Cl2FN2O2/c1-17-13(19)7-18-2-3-20-12(6-18)8-4-11(16)10(15)5-9(8)14/h4-5,12H,2-3,6-7H2,1H3,(H,17,19)/t12-/m1/s1. The fourth-order valence-corrected chi connectivity index (χ4v) is 2.61. The molecule has 1 fully saturated rings. The fourth-order valence-electron chi connectivity index (χ4n) is 2.10. The molecule has 0 spiro atoms. The number of halogens is 3. The summed E-state index contributed by atoms with van der Waals surface area (Å²) in [6, 6.07) is 2.66. The van der Waals surface area contributed by atoms with E-state index in [0.717, 1.165) is 0 Å². The van der Waals surface area contributed by atoms with Gasteiger partial charge < -0.3 is 10.1 Å². The van der Waals surface area contributed by atoms with Crippen molar-refractivity contribution < 1.29 is 13.9 Å². The highest BCUT2D eigenvalue weighted by molar-refractivity contribution is 6.35. The maximum atomic E-state index is 13.6. The van der Waals surface area contributed by atoms with Gasteiger partial charge in [-0.3, -0.25) is 9.69 Å². The highest BCUT2D eigenvalue weighted by Gasteiger charge is 2.25. The average molecular weight is 321 g/mol. The zero-order valence-electron chi connectivity index (χ0n) is 11.0. The van der Waals surface area contributed by atoms with Crippen molar-refractivity contribution in [3.05, 3.63) is 33.6 Å². The number of benzene rings is 1. The van der Waals surface area contributed by atoms with E-state index in [1.807, 2.05) is 4.90 Å². The third kappa shape index (κ3) is 3.61. The summed E-state index contributed by atoms with van der Waals surface area (Å²) >= 11 is 11.8. The summed E-state index contributed by atoms with van der Waals surface area (Å²) in [7, 11) is 1.59. The predicted octanol–water partition coefficient (Wildman–Crippen LogP) is 2.25. The fraction of sp³-hybridized carbons (Fsp3) is 0.462. The van der Waals surface area contributed by atoms with Crippen LogP contribution < -0.4 is 5.32 Å². The number of hydrogen-bond acceptors (Lipinski definition) is 3. The Kier molecular flexibility index (Phi) is 5.21. The molecule has 1 aliphatic heterocycles. The number of carbonyl (C=O) groups excluding carboxylic acids is 1. The molecule has 0 radical (unpaired) electrons. The van der Waals surface area contributed by atoms with Gasteiger partial charge in [-0.2, -0.15) is 0 Å². The molecule has 1 atom stereocenters.